The van der Waals surface area contributed by atoms with Gasteiger partial charge in [-0.25, -0.2) is 0 Å². The van der Waals surface area contributed by atoms with Crippen molar-refractivity contribution < 1.29 is 19.8 Å². The maximum absolute atomic E-state index is 13.9. The van der Waals surface area contributed by atoms with Crippen LogP contribution in [0.2, 0.25) is 5.02 Å². The summed E-state index contributed by atoms with van der Waals surface area (Å²) in [5.74, 6) is -0.671. The number of halogens is 1. The van der Waals surface area contributed by atoms with Crippen LogP contribution in [0.1, 0.15) is 64.7 Å². The Bertz CT molecular complexity index is 1170. The number of benzene rings is 3. The predicted octanol–water partition coefficient (Wildman–Crippen LogP) is 4.96. The van der Waals surface area contributed by atoms with E-state index in [1.54, 1.807) is 23.1 Å². The SMILES string of the molecule is O=C1c2ccccc2[C@@H](C(O)NOCc2ccccc2)[C@H](c2ccc(Cl)cc2)N1[C@@H]1CCCC[C@H]1O. The zero-order valence-corrected chi connectivity index (χ0v) is 20.7. The van der Waals surface area contributed by atoms with Gasteiger partial charge >= 0.3 is 0 Å². The molecule has 0 saturated heterocycles. The highest BCUT2D eigenvalue weighted by molar-refractivity contribution is 6.30. The van der Waals surface area contributed by atoms with Crippen LogP contribution in [0.3, 0.4) is 0 Å². The van der Waals surface area contributed by atoms with Crippen LogP contribution >= 0.6 is 11.6 Å². The van der Waals surface area contributed by atoms with Crippen LogP contribution in [0.25, 0.3) is 0 Å². The van der Waals surface area contributed by atoms with Gasteiger partial charge in [0, 0.05) is 10.6 Å². The minimum atomic E-state index is -1.12. The normalized spacial score (nSPS) is 24.9. The Hall–Kier alpha value is -2.74. The number of aliphatic hydroxyl groups is 2. The summed E-state index contributed by atoms with van der Waals surface area (Å²) < 4.78 is 0. The number of amides is 1. The molecule has 1 fully saturated rings. The lowest BCUT2D eigenvalue weighted by molar-refractivity contribution is -0.0931. The van der Waals surface area contributed by atoms with Gasteiger partial charge in [0.2, 0.25) is 0 Å². The second-order valence-corrected chi connectivity index (χ2v) is 10.0. The first-order valence-corrected chi connectivity index (χ1v) is 12.9. The minimum Gasteiger partial charge on any atom is -0.391 e. The second-order valence-electron chi connectivity index (χ2n) is 9.58. The molecule has 1 saturated carbocycles. The lowest BCUT2D eigenvalue weighted by atomic mass is 9.76. The summed E-state index contributed by atoms with van der Waals surface area (Å²) in [6, 6.07) is 23.6. The van der Waals surface area contributed by atoms with Crippen LogP contribution < -0.4 is 5.48 Å². The number of hydrogen-bond acceptors (Lipinski definition) is 5. The van der Waals surface area contributed by atoms with Gasteiger partial charge in [-0.05, 0) is 47.7 Å². The first-order chi connectivity index (χ1) is 17.5. The van der Waals surface area contributed by atoms with E-state index in [1.165, 1.54) is 0 Å². The first kappa shape index (κ1) is 24.9. The van der Waals surface area contributed by atoms with E-state index in [2.05, 4.69) is 5.48 Å². The number of nitrogens with one attached hydrogen (secondary N) is 1. The van der Waals surface area contributed by atoms with E-state index in [4.69, 9.17) is 16.4 Å². The summed E-state index contributed by atoms with van der Waals surface area (Å²) in [7, 11) is 0. The van der Waals surface area contributed by atoms with Crippen molar-refractivity contribution in [2.75, 3.05) is 0 Å². The Kier molecular flexibility index (Phi) is 7.70. The average Bonchev–Trinajstić information content (AvgIpc) is 2.90. The van der Waals surface area contributed by atoms with Crippen molar-refractivity contribution in [2.24, 2.45) is 0 Å². The maximum Gasteiger partial charge on any atom is 0.255 e. The molecule has 3 aromatic rings. The van der Waals surface area contributed by atoms with Crippen molar-refractivity contribution in [2.45, 2.75) is 62.6 Å². The molecule has 0 spiro atoms. The van der Waals surface area contributed by atoms with E-state index in [1.807, 2.05) is 60.7 Å². The number of nitrogens with zero attached hydrogens (tertiary/aromatic N) is 1. The monoisotopic (exact) mass is 506 g/mol. The number of aliphatic hydroxyl groups excluding tert-OH is 2. The molecule has 3 N–H and O–H groups in total. The summed E-state index contributed by atoms with van der Waals surface area (Å²) in [4.78, 5) is 21.4. The van der Waals surface area contributed by atoms with Gasteiger partial charge in [-0.3, -0.25) is 9.63 Å². The van der Waals surface area contributed by atoms with Crippen molar-refractivity contribution >= 4 is 17.5 Å². The van der Waals surface area contributed by atoms with Gasteiger partial charge in [0.05, 0.1) is 30.7 Å². The first-order valence-electron chi connectivity index (χ1n) is 12.5. The fourth-order valence-electron chi connectivity index (χ4n) is 5.59. The Morgan fingerprint density at radius 3 is 2.42 bits per heavy atom. The van der Waals surface area contributed by atoms with Crippen molar-refractivity contribution in [3.8, 4) is 0 Å². The van der Waals surface area contributed by atoms with Crippen molar-refractivity contribution in [1.82, 2.24) is 10.4 Å². The summed E-state index contributed by atoms with van der Waals surface area (Å²) in [5.41, 5.74) is 5.92. The third kappa shape index (κ3) is 5.05. The van der Waals surface area contributed by atoms with Gasteiger partial charge in [0.25, 0.3) is 5.91 Å². The van der Waals surface area contributed by atoms with Gasteiger partial charge < -0.3 is 15.1 Å². The molecule has 1 amide bonds. The summed E-state index contributed by atoms with van der Waals surface area (Å²) in [6.07, 6.45) is 1.49. The Morgan fingerprint density at radius 1 is 0.972 bits per heavy atom. The van der Waals surface area contributed by atoms with E-state index in [0.717, 1.165) is 29.5 Å². The molecule has 7 heteroatoms. The zero-order chi connectivity index (χ0) is 25.1. The molecule has 0 aromatic heterocycles. The molecule has 1 unspecified atom stereocenters. The molecule has 2 aliphatic rings. The maximum atomic E-state index is 13.9. The van der Waals surface area contributed by atoms with E-state index < -0.39 is 24.3 Å². The summed E-state index contributed by atoms with van der Waals surface area (Å²) >= 11 is 6.19. The molecule has 0 radical (unpaired) electrons. The van der Waals surface area contributed by atoms with Gasteiger partial charge in [0.1, 0.15) is 6.23 Å². The van der Waals surface area contributed by atoms with Crippen LogP contribution in [0, 0.1) is 0 Å². The molecule has 1 aliphatic heterocycles. The van der Waals surface area contributed by atoms with E-state index in [0.29, 0.717) is 23.4 Å². The number of hydrogen-bond donors (Lipinski definition) is 3. The zero-order valence-electron chi connectivity index (χ0n) is 20.0. The number of hydroxylamine groups is 1. The Balaban J connectivity index is 1.54. The molecule has 6 nitrogen and oxygen atoms in total. The average molecular weight is 507 g/mol. The molecular weight excluding hydrogens is 476 g/mol. The predicted molar refractivity (Wildman–Crippen MR) is 138 cm³/mol. The third-order valence-electron chi connectivity index (χ3n) is 7.31. The third-order valence-corrected chi connectivity index (χ3v) is 7.57. The standard InChI is InChI=1S/C29H31ClN2O4/c30-21-16-14-20(15-17-21)27-26(28(34)31-36-18-19-8-2-1-3-9-19)22-10-4-5-11-23(22)29(35)32(27)24-12-6-7-13-25(24)33/h1-5,8-11,14-17,24-28,31,33-34H,6-7,12-13,18H2/t24-,25-,26-,27+,28?/m1/s1. The molecule has 3 aromatic carbocycles. The van der Waals surface area contributed by atoms with Gasteiger partial charge in [-0.1, -0.05) is 85.1 Å². The summed E-state index contributed by atoms with van der Waals surface area (Å²) in [6.45, 7) is 0.280. The topological polar surface area (TPSA) is 82.0 Å². The lowest BCUT2D eigenvalue weighted by Crippen LogP contribution is -2.56. The second kappa shape index (κ2) is 11.1. The number of carbonyl (C=O) groups is 1. The minimum absolute atomic E-state index is 0.134. The summed E-state index contributed by atoms with van der Waals surface area (Å²) in [5, 5.41) is 23.1. The van der Waals surface area contributed by atoms with Crippen molar-refractivity contribution in [1.29, 1.82) is 0 Å². The van der Waals surface area contributed by atoms with Crippen LogP contribution in [-0.4, -0.2) is 39.4 Å². The number of rotatable bonds is 7. The number of fused-ring (bicyclic) bond motifs is 1. The van der Waals surface area contributed by atoms with E-state index >= 15 is 0 Å². The number of carbonyl (C=O) groups excluding carboxylic acids is 1. The van der Waals surface area contributed by atoms with E-state index in [9.17, 15) is 15.0 Å². The van der Waals surface area contributed by atoms with Gasteiger partial charge in [0.15, 0.2) is 0 Å². The molecular formula is C29H31ClN2O4. The Morgan fingerprint density at radius 2 is 1.67 bits per heavy atom. The highest BCUT2D eigenvalue weighted by Crippen LogP contribution is 2.47. The lowest BCUT2D eigenvalue weighted by Gasteiger charge is -2.49. The molecule has 1 heterocycles. The smallest absolute Gasteiger partial charge is 0.255 e. The molecule has 5 rings (SSSR count). The van der Waals surface area contributed by atoms with E-state index in [-0.39, 0.29) is 18.6 Å². The highest BCUT2D eigenvalue weighted by Gasteiger charge is 2.48. The van der Waals surface area contributed by atoms with Crippen LogP contribution in [0.5, 0.6) is 0 Å². The van der Waals surface area contributed by atoms with Crippen LogP contribution in [0.4, 0.5) is 0 Å². The van der Waals surface area contributed by atoms with Crippen molar-refractivity contribution in [3.05, 3.63) is 106 Å². The molecule has 1 aliphatic carbocycles. The fourth-order valence-corrected chi connectivity index (χ4v) is 5.72. The van der Waals surface area contributed by atoms with Crippen LogP contribution in [-0.2, 0) is 11.4 Å². The van der Waals surface area contributed by atoms with Crippen LogP contribution in [0.15, 0.2) is 78.9 Å². The van der Waals surface area contributed by atoms with Gasteiger partial charge in [-0.15, -0.1) is 0 Å². The molecule has 188 valence electrons. The molecule has 0 bridgehead atoms. The molecule has 36 heavy (non-hydrogen) atoms. The quantitative estimate of drug-likeness (QED) is 0.311. The van der Waals surface area contributed by atoms with Crippen molar-refractivity contribution in [3.63, 3.8) is 0 Å². The van der Waals surface area contributed by atoms with Gasteiger partial charge in [-0.2, -0.15) is 5.48 Å². The largest absolute Gasteiger partial charge is 0.391 e. The fraction of sp³-hybridized carbons (Fsp3) is 0.345. The highest BCUT2D eigenvalue weighted by atomic mass is 35.5. The molecule has 5 atom stereocenters. The Labute approximate surface area is 216 Å².